The molecule has 0 aliphatic heterocycles. The topological polar surface area (TPSA) is 80.3 Å². The van der Waals surface area contributed by atoms with Gasteiger partial charge in [0.25, 0.3) is 0 Å². The summed E-state index contributed by atoms with van der Waals surface area (Å²) < 4.78 is 0. The van der Waals surface area contributed by atoms with Crippen LogP contribution in [-0.2, 0) is 9.59 Å². The van der Waals surface area contributed by atoms with E-state index in [-0.39, 0.29) is 40.4 Å². The molecule has 0 aromatic carbocycles. The maximum Gasteiger partial charge on any atom is 0.0383 e. The second kappa shape index (κ2) is 11.1. The second-order valence-corrected chi connectivity index (χ2v) is 0.983. The van der Waals surface area contributed by atoms with Gasteiger partial charge in [-0.25, -0.2) is 0 Å². The molecule has 0 heterocycles. The summed E-state index contributed by atoms with van der Waals surface area (Å²) in [6.07, 6.45) is 0. The molecule has 0 rings (SSSR count). The first kappa shape index (κ1) is 16.1. The largest absolute Gasteiger partial charge is 0.550 e. The van der Waals surface area contributed by atoms with Crippen molar-refractivity contribution in [3.8, 4) is 0 Å². The summed E-state index contributed by atoms with van der Waals surface area (Å²) in [6, 6.07) is 0. The number of carbonyl (C=O) groups is 2. The molecule has 0 N–H and O–H groups in total. The van der Waals surface area contributed by atoms with Crippen LogP contribution in [0.1, 0.15) is 13.8 Å². The van der Waals surface area contributed by atoms with E-state index in [0.717, 1.165) is 13.8 Å². The minimum atomic E-state index is -1.08. The second-order valence-electron chi connectivity index (χ2n) is 0.983. The van der Waals surface area contributed by atoms with Gasteiger partial charge in [-0.1, -0.05) is 0 Å². The zero-order valence-corrected chi connectivity index (χ0v) is 7.66. The molecule has 54 valence electrons. The molecule has 0 aromatic heterocycles. The molecule has 0 fully saturated rings. The molecule has 0 amide bonds. The fourth-order valence-electron chi connectivity index (χ4n) is 0. The Kier molecular flexibility index (Phi) is 19.9. The van der Waals surface area contributed by atoms with Crippen molar-refractivity contribution in [1.82, 2.24) is 0 Å². The number of hydrogen-bond donors (Lipinski definition) is 0. The van der Waals surface area contributed by atoms with Gasteiger partial charge in [-0.05, 0) is 13.8 Å². The maximum absolute atomic E-state index is 8.89. The number of carbonyl (C=O) groups excluding carboxylic acids is 2. The van der Waals surface area contributed by atoms with Gasteiger partial charge in [-0.2, -0.15) is 0 Å². The predicted octanol–water partition coefficient (Wildman–Crippen LogP) is -2.49. The zero-order valence-electron chi connectivity index (χ0n) is 5.04. The molecule has 0 saturated carbocycles. The summed E-state index contributed by atoms with van der Waals surface area (Å²) in [4.78, 5) is 17.8. The fraction of sp³-hybridized carbons (Fsp3) is 0.500. The smallest absolute Gasteiger partial charge is 0.0383 e. The summed E-state index contributed by atoms with van der Waals surface area (Å²) in [5.41, 5.74) is 0. The maximum atomic E-state index is 8.89. The van der Waals surface area contributed by atoms with Crippen LogP contribution < -0.4 is 10.2 Å². The van der Waals surface area contributed by atoms with Crippen molar-refractivity contribution in [2.45, 2.75) is 13.8 Å². The number of hydrogen-bond acceptors (Lipinski definition) is 4. The molecular formula is C4H6O4Sm-2. The van der Waals surface area contributed by atoms with Crippen LogP contribution >= 0.6 is 0 Å². The average molecular weight is 268 g/mol. The van der Waals surface area contributed by atoms with Gasteiger partial charge in [0.1, 0.15) is 0 Å². The van der Waals surface area contributed by atoms with E-state index in [1.54, 1.807) is 0 Å². The molecule has 0 bridgehead atoms. The van der Waals surface area contributed by atoms with Gasteiger partial charge in [0.15, 0.2) is 0 Å². The van der Waals surface area contributed by atoms with Crippen LogP contribution in [0.15, 0.2) is 0 Å². The Bertz CT molecular complexity index is 70.6. The summed E-state index contributed by atoms with van der Waals surface area (Å²) in [5.74, 6) is -2.17. The summed E-state index contributed by atoms with van der Waals surface area (Å²) in [5, 5.41) is 17.8. The normalized spacial score (nSPS) is 5.56. The third-order valence-electron chi connectivity index (χ3n) is 0. The van der Waals surface area contributed by atoms with Crippen LogP contribution in [0.5, 0.6) is 0 Å². The van der Waals surface area contributed by atoms with Crippen molar-refractivity contribution in [2.24, 2.45) is 0 Å². The van der Waals surface area contributed by atoms with Crippen molar-refractivity contribution < 1.29 is 60.2 Å². The number of carboxylic acids is 2. The van der Waals surface area contributed by atoms with Crippen molar-refractivity contribution in [3.63, 3.8) is 0 Å². The third-order valence-corrected chi connectivity index (χ3v) is 0. The first-order valence-corrected chi connectivity index (χ1v) is 1.82. The van der Waals surface area contributed by atoms with E-state index in [1.165, 1.54) is 0 Å². The number of aliphatic carboxylic acids is 2. The van der Waals surface area contributed by atoms with Gasteiger partial charge in [0.2, 0.25) is 0 Å². The van der Waals surface area contributed by atoms with Crippen LogP contribution in [0.25, 0.3) is 0 Å². The van der Waals surface area contributed by atoms with Crippen LogP contribution in [0, 0.1) is 40.4 Å². The van der Waals surface area contributed by atoms with Crippen LogP contribution in [-0.4, -0.2) is 11.9 Å². The number of rotatable bonds is 0. The summed E-state index contributed by atoms with van der Waals surface area (Å²) in [7, 11) is 0. The Hall–Kier alpha value is 0.278. The Labute approximate surface area is 85.4 Å². The Morgan fingerprint density at radius 1 is 1.00 bits per heavy atom. The van der Waals surface area contributed by atoms with Crippen LogP contribution in [0.2, 0.25) is 0 Å². The van der Waals surface area contributed by atoms with Crippen molar-refractivity contribution >= 4 is 11.9 Å². The molecular weight excluding hydrogens is 262 g/mol. The van der Waals surface area contributed by atoms with E-state index in [4.69, 9.17) is 19.8 Å². The monoisotopic (exact) mass is 270 g/mol. The first-order valence-electron chi connectivity index (χ1n) is 1.82. The van der Waals surface area contributed by atoms with E-state index >= 15 is 0 Å². The molecule has 0 aliphatic rings. The van der Waals surface area contributed by atoms with Crippen LogP contribution in [0.4, 0.5) is 0 Å². The minimum absolute atomic E-state index is 0. The molecule has 0 aliphatic carbocycles. The van der Waals surface area contributed by atoms with Gasteiger partial charge in [-0.3, -0.25) is 0 Å². The number of carboxylic acid groups (broad SMARTS) is 2. The molecule has 4 nitrogen and oxygen atoms in total. The van der Waals surface area contributed by atoms with Gasteiger partial charge < -0.3 is 19.8 Å². The molecule has 5 heteroatoms. The Morgan fingerprint density at radius 2 is 1.00 bits per heavy atom. The minimum Gasteiger partial charge on any atom is -0.550 e. The van der Waals surface area contributed by atoms with Crippen molar-refractivity contribution in [2.75, 3.05) is 0 Å². The van der Waals surface area contributed by atoms with Crippen LogP contribution in [0.3, 0.4) is 0 Å². The van der Waals surface area contributed by atoms with E-state index in [0.29, 0.717) is 0 Å². The Morgan fingerprint density at radius 3 is 1.00 bits per heavy atom. The van der Waals surface area contributed by atoms with Crippen molar-refractivity contribution in [1.29, 1.82) is 0 Å². The molecule has 0 atom stereocenters. The molecule has 0 aromatic rings. The Balaban J connectivity index is -0.0000000720. The van der Waals surface area contributed by atoms with Gasteiger partial charge >= 0.3 is 0 Å². The SMILES string of the molecule is CC(=O)[O-].CC(=O)[O-].[Sm]. The van der Waals surface area contributed by atoms with Gasteiger partial charge in [0, 0.05) is 52.3 Å². The van der Waals surface area contributed by atoms with E-state index in [9.17, 15) is 0 Å². The first-order chi connectivity index (χ1) is 3.46. The molecule has 0 radical (unpaired) electrons. The van der Waals surface area contributed by atoms with Gasteiger partial charge in [0.05, 0.1) is 0 Å². The molecule has 9 heavy (non-hydrogen) atoms. The third kappa shape index (κ3) is 4230. The van der Waals surface area contributed by atoms with E-state index in [1.807, 2.05) is 0 Å². The zero-order chi connectivity index (χ0) is 7.15. The summed E-state index contributed by atoms with van der Waals surface area (Å²) in [6.45, 7) is 1.94. The molecule has 0 unspecified atom stereocenters. The molecule has 0 spiro atoms. The van der Waals surface area contributed by atoms with E-state index < -0.39 is 11.9 Å². The quantitative estimate of drug-likeness (QED) is 0.487. The molecule has 0 saturated heterocycles. The fourth-order valence-corrected chi connectivity index (χ4v) is 0. The van der Waals surface area contributed by atoms with Crippen molar-refractivity contribution in [3.05, 3.63) is 0 Å². The van der Waals surface area contributed by atoms with Gasteiger partial charge in [-0.15, -0.1) is 0 Å². The van der Waals surface area contributed by atoms with E-state index in [2.05, 4.69) is 0 Å². The predicted molar refractivity (Wildman–Crippen MR) is 21.4 cm³/mol. The summed E-state index contributed by atoms with van der Waals surface area (Å²) >= 11 is 0. The standard InChI is InChI=1S/2C2H4O2.Sm/c2*1-2(3)4;/h2*1H3,(H,3,4);/p-2. The average Bonchev–Trinajstić information content (AvgIpc) is 1.25.